The Balaban J connectivity index is 1.91. The molecule has 0 bridgehead atoms. The van der Waals surface area contributed by atoms with Crippen LogP contribution in [0.5, 0.6) is 0 Å². The molecule has 3 aromatic heterocycles. The largest absolute Gasteiger partial charge is 0.319 e. The number of aromatic nitrogens is 4. The van der Waals surface area contributed by atoms with Crippen molar-refractivity contribution in [1.29, 1.82) is 0 Å². The number of H-pyrrole nitrogens is 1. The number of imidazole rings is 1. The maximum absolute atomic E-state index is 12.8. The monoisotopic (exact) mass is 291 g/mol. The van der Waals surface area contributed by atoms with E-state index in [0.717, 1.165) is 0 Å². The van der Waals surface area contributed by atoms with E-state index >= 15 is 0 Å². The molecule has 3 aromatic rings. The highest BCUT2D eigenvalue weighted by Gasteiger charge is 2.21. The Morgan fingerprint density at radius 3 is 3.00 bits per heavy atom. The molecule has 8 heteroatoms. The molecule has 0 saturated heterocycles. The highest BCUT2D eigenvalue weighted by molar-refractivity contribution is 6.04. The minimum Gasteiger partial charge on any atom is -0.319 e. The van der Waals surface area contributed by atoms with Crippen molar-refractivity contribution in [3.8, 4) is 0 Å². The van der Waals surface area contributed by atoms with E-state index in [1.807, 2.05) is 0 Å². The summed E-state index contributed by atoms with van der Waals surface area (Å²) in [5.74, 6) is -0.489. The number of carbonyl (C=O) groups excluding carboxylic acids is 1. The number of pyridine rings is 1. The molecule has 3 heterocycles. The number of nitrogens with one attached hydrogen (secondary N) is 2. The molecule has 0 fully saturated rings. The van der Waals surface area contributed by atoms with E-state index in [-0.39, 0.29) is 5.69 Å². The van der Waals surface area contributed by atoms with Gasteiger partial charge >= 0.3 is 0 Å². The van der Waals surface area contributed by atoms with Crippen LogP contribution in [0, 0.1) is 6.92 Å². The van der Waals surface area contributed by atoms with Crippen LogP contribution >= 0.6 is 0 Å². The van der Waals surface area contributed by atoms with Crippen LogP contribution in [0.3, 0.4) is 0 Å². The van der Waals surface area contributed by atoms with E-state index in [2.05, 4.69) is 20.5 Å². The van der Waals surface area contributed by atoms with E-state index in [4.69, 9.17) is 0 Å². The van der Waals surface area contributed by atoms with Gasteiger partial charge in [-0.15, -0.1) is 0 Å². The zero-order chi connectivity index (χ0) is 15.0. The first kappa shape index (κ1) is 13.2. The molecule has 21 heavy (non-hydrogen) atoms. The minimum absolute atomic E-state index is 0.0146. The predicted molar refractivity (Wildman–Crippen MR) is 71.4 cm³/mol. The first-order valence-corrected chi connectivity index (χ1v) is 6.13. The molecular weight excluding hydrogens is 280 g/mol. The number of hydrogen-bond donors (Lipinski definition) is 2. The number of halogens is 2. The lowest BCUT2D eigenvalue weighted by Gasteiger charge is -2.07. The van der Waals surface area contributed by atoms with Crippen molar-refractivity contribution < 1.29 is 13.6 Å². The Morgan fingerprint density at radius 1 is 1.43 bits per heavy atom. The number of aryl methyl sites for hydroxylation is 1. The van der Waals surface area contributed by atoms with Gasteiger partial charge in [0.1, 0.15) is 5.65 Å². The zero-order valence-electron chi connectivity index (χ0n) is 11.0. The fourth-order valence-corrected chi connectivity index (χ4v) is 2.00. The van der Waals surface area contributed by atoms with Crippen LogP contribution in [0.1, 0.15) is 28.2 Å². The Morgan fingerprint density at radius 2 is 2.24 bits per heavy atom. The summed E-state index contributed by atoms with van der Waals surface area (Å²) in [6, 6.07) is 3.25. The summed E-state index contributed by atoms with van der Waals surface area (Å²) in [5, 5.41) is 8.41. The molecule has 0 saturated carbocycles. The summed E-state index contributed by atoms with van der Waals surface area (Å²) >= 11 is 0. The number of alkyl halides is 2. The van der Waals surface area contributed by atoms with Crippen LogP contribution in [-0.4, -0.2) is 25.5 Å². The van der Waals surface area contributed by atoms with Gasteiger partial charge in [-0.05, 0) is 19.1 Å². The zero-order valence-corrected chi connectivity index (χ0v) is 11.0. The van der Waals surface area contributed by atoms with Gasteiger partial charge in [-0.25, -0.2) is 13.8 Å². The number of amides is 1. The number of fused-ring (bicyclic) bond motifs is 1. The van der Waals surface area contributed by atoms with Crippen molar-refractivity contribution in [3.05, 3.63) is 47.7 Å². The SMILES string of the molecule is Cc1[nH]nc(C(F)F)c1NC(=O)c1ccc2nccn2c1. The Hall–Kier alpha value is -2.77. The van der Waals surface area contributed by atoms with E-state index in [0.29, 0.717) is 16.9 Å². The number of carbonyl (C=O) groups is 1. The second kappa shape index (κ2) is 4.97. The van der Waals surface area contributed by atoms with Gasteiger partial charge in [-0.2, -0.15) is 5.10 Å². The molecule has 0 aliphatic rings. The average molecular weight is 291 g/mol. The molecule has 0 atom stereocenters. The first-order valence-electron chi connectivity index (χ1n) is 6.13. The Bertz CT molecular complexity index is 808. The number of hydrogen-bond acceptors (Lipinski definition) is 3. The Labute approximate surface area is 117 Å². The summed E-state index contributed by atoms with van der Waals surface area (Å²) in [7, 11) is 0. The number of nitrogens with zero attached hydrogens (tertiary/aromatic N) is 3. The molecule has 6 nitrogen and oxygen atoms in total. The minimum atomic E-state index is -2.76. The normalized spacial score (nSPS) is 11.2. The standard InChI is InChI=1S/C13H11F2N5O/c1-7-10(11(12(14)15)19-18-7)17-13(21)8-2-3-9-16-4-5-20(9)6-8/h2-6,12H,1H3,(H,17,21)(H,18,19). The molecule has 0 aromatic carbocycles. The highest BCUT2D eigenvalue weighted by atomic mass is 19.3. The maximum Gasteiger partial charge on any atom is 0.284 e. The first-order chi connectivity index (χ1) is 10.1. The lowest BCUT2D eigenvalue weighted by atomic mass is 10.2. The average Bonchev–Trinajstić information content (AvgIpc) is 3.05. The molecule has 0 spiro atoms. The smallest absolute Gasteiger partial charge is 0.284 e. The van der Waals surface area contributed by atoms with Gasteiger partial charge < -0.3 is 9.72 Å². The van der Waals surface area contributed by atoms with E-state index in [1.165, 1.54) is 0 Å². The lowest BCUT2D eigenvalue weighted by Crippen LogP contribution is -2.14. The molecule has 0 radical (unpaired) electrons. The summed E-state index contributed by atoms with van der Waals surface area (Å²) in [4.78, 5) is 16.2. The van der Waals surface area contributed by atoms with Gasteiger partial charge in [0.05, 0.1) is 16.9 Å². The van der Waals surface area contributed by atoms with Crippen LogP contribution in [0.25, 0.3) is 5.65 Å². The van der Waals surface area contributed by atoms with E-state index in [9.17, 15) is 13.6 Å². The van der Waals surface area contributed by atoms with Crippen LogP contribution in [0.15, 0.2) is 30.7 Å². The van der Waals surface area contributed by atoms with Crippen LogP contribution in [0.4, 0.5) is 14.5 Å². The third-order valence-corrected chi connectivity index (χ3v) is 3.07. The molecule has 3 rings (SSSR count). The lowest BCUT2D eigenvalue weighted by molar-refractivity contribution is 0.102. The highest BCUT2D eigenvalue weighted by Crippen LogP contribution is 2.27. The molecule has 0 unspecified atom stereocenters. The second-order valence-electron chi connectivity index (χ2n) is 4.47. The summed E-state index contributed by atoms with van der Waals surface area (Å²) in [6.07, 6.45) is 2.11. The van der Waals surface area contributed by atoms with Crippen molar-refractivity contribution in [2.45, 2.75) is 13.3 Å². The molecule has 1 amide bonds. The van der Waals surface area contributed by atoms with Crippen molar-refractivity contribution in [2.75, 3.05) is 5.32 Å². The second-order valence-corrected chi connectivity index (χ2v) is 4.47. The van der Waals surface area contributed by atoms with Crippen molar-refractivity contribution in [3.63, 3.8) is 0 Å². The van der Waals surface area contributed by atoms with Gasteiger partial charge in [-0.3, -0.25) is 9.89 Å². The van der Waals surface area contributed by atoms with Crippen molar-refractivity contribution in [2.24, 2.45) is 0 Å². The molecule has 0 aliphatic heterocycles. The topological polar surface area (TPSA) is 75.1 Å². The summed E-state index contributed by atoms with van der Waals surface area (Å²) in [6.45, 7) is 1.56. The number of anilines is 1. The quantitative estimate of drug-likeness (QED) is 0.778. The fourth-order valence-electron chi connectivity index (χ4n) is 2.00. The van der Waals surface area contributed by atoms with Crippen LogP contribution in [0.2, 0.25) is 0 Å². The van der Waals surface area contributed by atoms with Crippen molar-refractivity contribution >= 4 is 17.2 Å². The predicted octanol–water partition coefficient (Wildman–Crippen LogP) is 2.56. The molecule has 108 valence electrons. The number of aromatic amines is 1. The van der Waals surface area contributed by atoms with Gasteiger partial charge in [0.2, 0.25) is 0 Å². The van der Waals surface area contributed by atoms with Gasteiger partial charge in [-0.1, -0.05) is 0 Å². The van der Waals surface area contributed by atoms with Gasteiger partial charge in [0.15, 0.2) is 5.69 Å². The Kier molecular flexibility index (Phi) is 3.13. The third-order valence-electron chi connectivity index (χ3n) is 3.07. The molecule has 2 N–H and O–H groups in total. The fraction of sp³-hybridized carbons (Fsp3) is 0.154. The summed E-state index contributed by atoms with van der Waals surface area (Å²) < 4.78 is 27.3. The summed E-state index contributed by atoms with van der Waals surface area (Å²) in [5.41, 5.74) is 0.952. The van der Waals surface area contributed by atoms with Gasteiger partial charge in [0.25, 0.3) is 12.3 Å². The molecular formula is C13H11F2N5O. The third kappa shape index (κ3) is 2.35. The van der Waals surface area contributed by atoms with E-state index < -0.39 is 18.0 Å². The van der Waals surface area contributed by atoms with Crippen molar-refractivity contribution in [1.82, 2.24) is 19.6 Å². The maximum atomic E-state index is 12.8. The van der Waals surface area contributed by atoms with E-state index in [1.54, 1.807) is 42.0 Å². The van der Waals surface area contributed by atoms with Gasteiger partial charge in [0, 0.05) is 18.6 Å². The molecule has 0 aliphatic carbocycles. The van der Waals surface area contributed by atoms with Crippen LogP contribution in [-0.2, 0) is 0 Å². The number of rotatable bonds is 3. The van der Waals surface area contributed by atoms with Crippen LogP contribution < -0.4 is 5.32 Å².